The second-order valence-electron chi connectivity index (χ2n) is 6.05. The van der Waals surface area contributed by atoms with E-state index in [0.29, 0.717) is 57.5 Å². The molecule has 8 heteroatoms. The molecule has 0 aliphatic rings. The number of fused-ring (bicyclic) bond motifs is 1. The number of rotatable bonds is 6. The van der Waals surface area contributed by atoms with Crippen LogP contribution in [0.2, 0.25) is 5.15 Å². The minimum absolute atomic E-state index is 0.357. The third-order valence-electron chi connectivity index (χ3n) is 4.34. The molecule has 0 saturated carbocycles. The third kappa shape index (κ3) is 3.45. The van der Waals surface area contributed by atoms with Gasteiger partial charge in [-0.2, -0.15) is 0 Å². The van der Waals surface area contributed by atoms with Crippen LogP contribution in [0.5, 0.6) is 17.4 Å². The highest BCUT2D eigenvalue weighted by molar-refractivity contribution is 6.29. The molecule has 4 rings (SSSR count). The molecule has 0 saturated heterocycles. The summed E-state index contributed by atoms with van der Waals surface area (Å²) in [6, 6.07) is 14.6. The van der Waals surface area contributed by atoms with Crippen molar-refractivity contribution < 1.29 is 14.2 Å². The van der Waals surface area contributed by atoms with E-state index in [4.69, 9.17) is 30.8 Å². The Kier molecular flexibility index (Phi) is 5.22. The lowest BCUT2D eigenvalue weighted by Crippen LogP contribution is -2.05. The maximum atomic E-state index is 6.20. The molecule has 29 heavy (non-hydrogen) atoms. The minimum Gasteiger partial charge on any atom is -0.494 e. The summed E-state index contributed by atoms with van der Waals surface area (Å²) < 4.78 is 18.6. The summed E-state index contributed by atoms with van der Waals surface area (Å²) in [5.74, 6) is 2.29. The number of benzene rings is 1. The van der Waals surface area contributed by atoms with Gasteiger partial charge in [-0.25, -0.2) is 15.0 Å². The van der Waals surface area contributed by atoms with Gasteiger partial charge >= 0.3 is 0 Å². The van der Waals surface area contributed by atoms with Crippen molar-refractivity contribution in [3.8, 4) is 34.6 Å². The van der Waals surface area contributed by atoms with Gasteiger partial charge in [0, 0.05) is 6.07 Å². The van der Waals surface area contributed by atoms with Crippen molar-refractivity contribution >= 4 is 22.8 Å². The summed E-state index contributed by atoms with van der Waals surface area (Å²) in [5.41, 5.74) is 2.52. The summed E-state index contributed by atoms with van der Waals surface area (Å²) in [6.45, 7) is 2.43. The molecule has 0 bridgehead atoms. The number of pyridine rings is 2. The number of para-hydroxylation sites is 1. The molecule has 0 spiro atoms. The monoisotopic (exact) mass is 410 g/mol. The normalized spacial score (nSPS) is 10.9. The van der Waals surface area contributed by atoms with Crippen molar-refractivity contribution in [3.05, 3.63) is 53.7 Å². The molecule has 0 fully saturated rings. The number of halogens is 1. The van der Waals surface area contributed by atoms with Gasteiger partial charge in [0.05, 0.1) is 20.8 Å². The van der Waals surface area contributed by atoms with Crippen LogP contribution < -0.4 is 14.2 Å². The highest BCUT2D eigenvalue weighted by Gasteiger charge is 2.23. The van der Waals surface area contributed by atoms with Crippen LogP contribution in [-0.2, 0) is 0 Å². The Bertz CT molecular complexity index is 1150. The van der Waals surface area contributed by atoms with Gasteiger partial charge in [0.15, 0.2) is 11.5 Å². The van der Waals surface area contributed by atoms with E-state index in [0.717, 1.165) is 0 Å². The molecule has 0 radical (unpaired) electrons. The van der Waals surface area contributed by atoms with E-state index in [2.05, 4.69) is 9.97 Å². The number of methoxy groups -OCH3 is 2. The highest BCUT2D eigenvalue weighted by Crippen LogP contribution is 2.38. The van der Waals surface area contributed by atoms with E-state index in [1.54, 1.807) is 26.4 Å². The zero-order valence-corrected chi connectivity index (χ0v) is 17.0. The van der Waals surface area contributed by atoms with Gasteiger partial charge in [-0.1, -0.05) is 23.7 Å². The van der Waals surface area contributed by atoms with E-state index in [9.17, 15) is 0 Å². The van der Waals surface area contributed by atoms with Crippen LogP contribution in [0.25, 0.3) is 28.4 Å². The van der Waals surface area contributed by atoms with Crippen molar-refractivity contribution in [2.45, 2.75) is 6.92 Å². The molecule has 148 valence electrons. The Morgan fingerprint density at radius 1 is 0.897 bits per heavy atom. The standard InChI is InChI=1S/C21H19ClN4O3/c1-4-29-18-10-5-7-13(23-18)20-24-14-11-12-17(22)25-21(14)26(20)19-15(27-2)8-6-9-16(19)28-3/h5-12H,4H2,1-3H3. The first kappa shape index (κ1) is 19.0. The number of imidazole rings is 1. The molecule has 4 aromatic rings. The first-order valence-corrected chi connectivity index (χ1v) is 9.40. The van der Waals surface area contributed by atoms with Gasteiger partial charge < -0.3 is 14.2 Å². The van der Waals surface area contributed by atoms with Crippen LogP contribution in [0.4, 0.5) is 0 Å². The Hall–Kier alpha value is -3.32. The number of hydrogen-bond donors (Lipinski definition) is 0. The molecule has 3 aromatic heterocycles. The van der Waals surface area contributed by atoms with Crippen molar-refractivity contribution in [2.24, 2.45) is 0 Å². The molecule has 0 unspecified atom stereocenters. The summed E-state index contributed by atoms with van der Waals surface area (Å²) in [4.78, 5) is 13.9. The molecule has 3 heterocycles. The average Bonchev–Trinajstić information content (AvgIpc) is 3.11. The zero-order valence-electron chi connectivity index (χ0n) is 16.2. The molecule has 0 aliphatic carbocycles. The second kappa shape index (κ2) is 7.97. The maximum absolute atomic E-state index is 6.20. The third-order valence-corrected chi connectivity index (χ3v) is 4.55. The van der Waals surface area contributed by atoms with Gasteiger partial charge in [-0.05, 0) is 37.3 Å². The molecule has 0 atom stereocenters. The lowest BCUT2D eigenvalue weighted by molar-refractivity contribution is 0.327. The Labute approximate surface area is 172 Å². The zero-order chi connectivity index (χ0) is 20.4. The van der Waals surface area contributed by atoms with Crippen LogP contribution in [-0.4, -0.2) is 40.3 Å². The van der Waals surface area contributed by atoms with E-state index < -0.39 is 0 Å². The minimum atomic E-state index is 0.357. The largest absolute Gasteiger partial charge is 0.494 e. The van der Waals surface area contributed by atoms with Crippen molar-refractivity contribution in [1.29, 1.82) is 0 Å². The molecule has 0 aliphatic heterocycles. The second-order valence-corrected chi connectivity index (χ2v) is 6.44. The summed E-state index contributed by atoms with van der Waals surface area (Å²) in [7, 11) is 3.21. The summed E-state index contributed by atoms with van der Waals surface area (Å²) in [5, 5.41) is 0.357. The van der Waals surface area contributed by atoms with E-state index in [-0.39, 0.29) is 0 Å². The number of nitrogens with zero attached hydrogens (tertiary/aromatic N) is 4. The molecular formula is C21H19ClN4O3. The van der Waals surface area contributed by atoms with Crippen LogP contribution in [0.3, 0.4) is 0 Å². The molecule has 1 aromatic carbocycles. The van der Waals surface area contributed by atoms with Gasteiger partial charge in [0.25, 0.3) is 0 Å². The fourth-order valence-electron chi connectivity index (χ4n) is 3.14. The lowest BCUT2D eigenvalue weighted by atomic mass is 10.2. The molecule has 0 amide bonds. The highest BCUT2D eigenvalue weighted by atomic mass is 35.5. The van der Waals surface area contributed by atoms with Gasteiger partial charge in [0.2, 0.25) is 5.88 Å². The van der Waals surface area contributed by atoms with E-state index in [1.807, 2.05) is 47.9 Å². The topological polar surface area (TPSA) is 71.3 Å². The average molecular weight is 411 g/mol. The molecule has 7 nitrogen and oxygen atoms in total. The van der Waals surface area contributed by atoms with Crippen LogP contribution in [0, 0.1) is 0 Å². The maximum Gasteiger partial charge on any atom is 0.213 e. The fraction of sp³-hybridized carbons (Fsp3) is 0.190. The fourth-order valence-corrected chi connectivity index (χ4v) is 3.28. The smallest absolute Gasteiger partial charge is 0.213 e. The quantitative estimate of drug-likeness (QED) is 0.434. The number of aromatic nitrogens is 4. The van der Waals surface area contributed by atoms with E-state index >= 15 is 0 Å². The van der Waals surface area contributed by atoms with Gasteiger partial charge in [0.1, 0.15) is 33.6 Å². The molecule has 0 N–H and O–H groups in total. The summed E-state index contributed by atoms with van der Waals surface area (Å²) >= 11 is 6.20. The predicted molar refractivity (Wildman–Crippen MR) is 111 cm³/mol. The SMILES string of the molecule is CCOc1cccc(-c2nc3ccc(Cl)nc3n2-c2c(OC)cccc2OC)n1. The predicted octanol–water partition coefficient (Wildman–Crippen LogP) is 4.55. The number of hydrogen-bond acceptors (Lipinski definition) is 6. The first-order chi connectivity index (χ1) is 14.2. The van der Waals surface area contributed by atoms with Crippen LogP contribution >= 0.6 is 11.6 Å². The van der Waals surface area contributed by atoms with Crippen molar-refractivity contribution in [2.75, 3.05) is 20.8 Å². The Morgan fingerprint density at radius 3 is 2.31 bits per heavy atom. The van der Waals surface area contributed by atoms with Crippen LogP contribution in [0.1, 0.15) is 6.92 Å². The summed E-state index contributed by atoms with van der Waals surface area (Å²) in [6.07, 6.45) is 0. The van der Waals surface area contributed by atoms with E-state index in [1.165, 1.54) is 0 Å². The Balaban J connectivity index is 2.07. The van der Waals surface area contributed by atoms with Crippen molar-refractivity contribution in [3.63, 3.8) is 0 Å². The first-order valence-electron chi connectivity index (χ1n) is 9.02. The number of ether oxygens (including phenoxy) is 3. The van der Waals surface area contributed by atoms with Crippen molar-refractivity contribution in [1.82, 2.24) is 19.5 Å². The Morgan fingerprint density at radius 2 is 1.62 bits per heavy atom. The van der Waals surface area contributed by atoms with Gasteiger partial charge in [-0.15, -0.1) is 0 Å². The van der Waals surface area contributed by atoms with Gasteiger partial charge in [-0.3, -0.25) is 4.57 Å². The van der Waals surface area contributed by atoms with Crippen LogP contribution in [0.15, 0.2) is 48.5 Å². The lowest BCUT2D eigenvalue weighted by Gasteiger charge is -2.16. The molecular weight excluding hydrogens is 392 g/mol.